The second-order valence-corrected chi connectivity index (χ2v) is 6.52. The monoisotopic (exact) mass is 335 g/mol. The lowest BCUT2D eigenvalue weighted by atomic mass is 10.0. The second-order valence-electron chi connectivity index (χ2n) is 4.83. The van der Waals surface area contributed by atoms with Gasteiger partial charge in [0.1, 0.15) is 4.32 Å². The number of benzene rings is 1. The summed E-state index contributed by atoms with van der Waals surface area (Å²) in [4.78, 5) is 36.6. The number of amides is 2. The first kappa shape index (κ1) is 14.7. The Morgan fingerprint density at radius 3 is 2.59 bits per heavy atom. The number of thioether (sulfide) groups is 1. The Balaban J connectivity index is 2.32. The Kier molecular flexibility index (Phi) is 3.26. The molecule has 112 valence electrons. The first-order chi connectivity index (χ1) is 10.3. The SMILES string of the molecule is Cc1cc([N+](=O)[O-])cc2c1N(C)C(=O)/C2=C1\SC(=S)NC1=O. The molecule has 0 saturated carbocycles. The smallest absolute Gasteiger partial charge is 0.270 e. The lowest BCUT2D eigenvalue weighted by molar-refractivity contribution is -0.384. The molecular formula is C13H9N3O4S2. The van der Waals surface area contributed by atoms with Crippen molar-refractivity contribution >= 4 is 57.1 Å². The van der Waals surface area contributed by atoms with Gasteiger partial charge >= 0.3 is 0 Å². The van der Waals surface area contributed by atoms with Crippen LogP contribution in [0.4, 0.5) is 11.4 Å². The zero-order valence-corrected chi connectivity index (χ0v) is 13.1. The molecule has 1 fully saturated rings. The highest BCUT2D eigenvalue weighted by Gasteiger charge is 2.39. The van der Waals surface area contributed by atoms with Crippen LogP contribution in [0.1, 0.15) is 11.1 Å². The maximum absolute atomic E-state index is 12.5. The van der Waals surface area contributed by atoms with Crippen molar-refractivity contribution in [1.29, 1.82) is 0 Å². The van der Waals surface area contributed by atoms with E-state index in [4.69, 9.17) is 12.2 Å². The summed E-state index contributed by atoms with van der Waals surface area (Å²) in [5.74, 6) is -0.829. The second kappa shape index (κ2) is 4.89. The number of nitrogens with zero attached hydrogens (tertiary/aromatic N) is 2. The van der Waals surface area contributed by atoms with Crippen molar-refractivity contribution in [3.05, 3.63) is 38.3 Å². The highest BCUT2D eigenvalue weighted by molar-refractivity contribution is 8.27. The normalized spacial score (nSPS) is 20.5. The van der Waals surface area contributed by atoms with E-state index >= 15 is 0 Å². The van der Waals surface area contributed by atoms with Crippen LogP contribution < -0.4 is 10.2 Å². The summed E-state index contributed by atoms with van der Waals surface area (Å²) in [6.45, 7) is 1.69. The standard InChI is InChI=1S/C13H9N3O4S2/c1-5-3-6(16(19)20)4-7-8(12(18)15(2)9(5)7)10-11(17)14-13(21)22-10/h3-4H,1-2H3,(H,14,17,21)/b10-8-. The number of anilines is 1. The van der Waals surface area contributed by atoms with Crippen molar-refractivity contribution in [3.8, 4) is 0 Å². The molecule has 3 rings (SSSR count). The molecule has 7 nitrogen and oxygen atoms in total. The third-order valence-electron chi connectivity index (χ3n) is 3.46. The Morgan fingerprint density at radius 2 is 2.05 bits per heavy atom. The van der Waals surface area contributed by atoms with E-state index in [1.165, 1.54) is 17.0 Å². The molecule has 1 saturated heterocycles. The number of carbonyl (C=O) groups excluding carboxylic acids is 2. The van der Waals surface area contributed by atoms with Gasteiger partial charge in [-0.25, -0.2) is 0 Å². The topological polar surface area (TPSA) is 92.6 Å². The first-order valence-electron chi connectivity index (χ1n) is 6.16. The summed E-state index contributed by atoms with van der Waals surface area (Å²) in [5.41, 5.74) is 1.60. The van der Waals surface area contributed by atoms with E-state index in [9.17, 15) is 19.7 Å². The number of nitrogens with one attached hydrogen (secondary N) is 1. The van der Waals surface area contributed by atoms with Gasteiger partial charge in [0, 0.05) is 24.7 Å². The van der Waals surface area contributed by atoms with E-state index < -0.39 is 10.8 Å². The average molecular weight is 335 g/mol. The molecule has 22 heavy (non-hydrogen) atoms. The third kappa shape index (κ3) is 2.01. The van der Waals surface area contributed by atoms with Crippen LogP contribution in [0.15, 0.2) is 17.0 Å². The fourth-order valence-electron chi connectivity index (χ4n) is 2.58. The van der Waals surface area contributed by atoms with E-state index in [0.717, 1.165) is 11.8 Å². The molecule has 0 bridgehead atoms. The number of rotatable bonds is 1. The summed E-state index contributed by atoms with van der Waals surface area (Å²) in [7, 11) is 1.57. The minimum absolute atomic E-state index is 0.122. The predicted octanol–water partition coefficient (Wildman–Crippen LogP) is 1.74. The summed E-state index contributed by atoms with van der Waals surface area (Å²) in [5, 5.41) is 13.5. The first-order valence-corrected chi connectivity index (χ1v) is 7.38. The van der Waals surface area contributed by atoms with Crippen molar-refractivity contribution in [2.75, 3.05) is 11.9 Å². The van der Waals surface area contributed by atoms with Gasteiger partial charge in [-0.15, -0.1) is 0 Å². The number of fused-ring (bicyclic) bond motifs is 1. The number of nitro benzene ring substituents is 1. The zero-order valence-electron chi connectivity index (χ0n) is 11.5. The Bertz CT molecular complexity index is 816. The number of non-ortho nitro benzene ring substituents is 1. The molecule has 0 spiro atoms. The number of carbonyl (C=O) groups is 2. The van der Waals surface area contributed by atoms with E-state index in [1.54, 1.807) is 14.0 Å². The van der Waals surface area contributed by atoms with Gasteiger partial charge in [-0.1, -0.05) is 24.0 Å². The molecule has 0 unspecified atom stereocenters. The minimum Gasteiger partial charge on any atom is -0.310 e. The van der Waals surface area contributed by atoms with Crippen molar-refractivity contribution in [1.82, 2.24) is 5.32 Å². The van der Waals surface area contributed by atoms with E-state index in [1.807, 2.05) is 0 Å². The van der Waals surface area contributed by atoms with Gasteiger partial charge in [-0.2, -0.15) is 0 Å². The largest absolute Gasteiger partial charge is 0.310 e. The summed E-state index contributed by atoms with van der Waals surface area (Å²) in [6.07, 6.45) is 0. The Hall–Kier alpha value is -2.26. The summed E-state index contributed by atoms with van der Waals surface area (Å²) in [6, 6.07) is 2.73. The molecule has 1 N–H and O–H groups in total. The van der Waals surface area contributed by atoms with Gasteiger partial charge in [0.2, 0.25) is 0 Å². The van der Waals surface area contributed by atoms with Crippen LogP contribution in [0.2, 0.25) is 0 Å². The molecule has 1 aromatic rings. The van der Waals surface area contributed by atoms with E-state index in [2.05, 4.69) is 5.32 Å². The van der Waals surface area contributed by atoms with Crippen LogP contribution in [-0.2, 0) is 9.59 Å². The predicted molar refractivity (Wildman–Crippen MR) is 86.5 cm³/mol. The van der Waals surface area contributed by atoms with Gasteiger partial charge in [-0.05, 0) is 12.5 Å². The number of thiocarbonyl (C=S) groups is 1. The van der Waals surface area contributed by atoms with E-state index in [0.29, 0.717) is 16.8 Å². The molecule has 2 aliphatic rings. The number of aryl methyl sites for hydroxylation is 1. The highest BCUT2D eigenvalue weighted by atomic mass is 32.2. The molecule has 0 aliphatic carbocycles. The number of nitro groups is 1. The Morgan fingerprint density at radius 1 is 1.36 bits per heavy atom. The molecule has 2 heterocycles. The van der Waals surface area contributed by atoms with E-state index in [-0.39, 0.29) is 26.4 Å². The van der Waals surface area contributed by atoms with Crippen LogP contribution >= 0.6 is 24.0 Å². The van der Waals surface area contributed by atoms with Gasteiger partial charge in [0.05, 0.1) is 21.1 Å². The van der Waals surface area contributed by atoms with Crippen LogP contribution in [0.3, 0.4) is 0 Å². The minimum atomic E-state index is -0.523. The summed E-state index contributed by atoms with van der Waals surface area (Å²) < 4.78 is 0.263. The number of likely N-dealkylation sites (N-methyl/N-ethyl adjacent to an activating group) is 1. The Labute approximate surface area is 134 Å². The molecule has 2 amide bonds. The molecule has 0 radical (unpaired) electrons. The molecule has 0 aromatic heterocycles. The molecular weight excluding hydrogens is 326 g/mol. The van der Waals surface area contributed by atoms with Gasteiger partial charge in [0.15, 0.2) is 0 Å². The maximum Gasteiger partial charge on any atom is 0.270 e. The molecule has 9 heteroatoms. The zero-order chi connectivity index (χ0) is 16.2. The molecule has 2 aliphatic heterocycles. The fraction of sp³-hybridized carbons (Fsp3) is 0.154. The lowest BCUT2D eigenvalue weighted by Gasteiger charge is -2.11. The molecule has 0 atom stereocenters. The van der Waals surface area contributed by atoms with Crippen LogP contribution in [0, 0.1) is 17.0 Å². The van der Waals surface area contributed by atoms with Crippen LogP contribution in [0.5, 0.6) is 0 Å². The number of hydrogen-bond acceptors (Lipinski definition) is 6. The van der Waals surface area contributed by atoms with Crippen molar-refractivity contribution in [2.24, 2.45) is 0 Å². The lowest BCUT2D eigenvalue weighted by Crippen LogP contribution is -2.23. The van der Waals surface area contributed by atoms with Gasteiger partial charge in [-0.3, -0.25) is 19.7 Å². The molecule has 1 aromatic carbocycles. The van der Waals surface area contributed by atoms with Crippen LogP contribution in [-0.4, -0.2) is 28.1 Å². The highest BCUT2D eigenvalue weighted by Crippen LogP contribution is 2.45. The quantitative estimate of drug-likeness (QED) is 0.364. The van der Waals surface area contributed by atoms with Crippen molar-refractivity contribution in [2.45, 2.75) is 6.92 Å². The fourth-order valence-corrected chi connectivity index (χ4v) is 3.70. The third-order valence-corrected chi connectivity index (χ3v) is 4.70. The van der Waals surface area contributed by atoms with Crippen molar-refractivity contribution in [3.63, 3.8) is 0 Å². The van der Waals surface area contributed by atoms with Gasteiger partial charge < -0.3 is 10.2 Å². The average Bonchev–Trinajstić information content (AvgIpc) is 2.88. The van der Waals surface area contributed by atoms with Crippen molar-refractivity contribution < 1.29 is 14.5 Å². The van der Waals surface area contributed by atoms with Crippen LogP contribution in [0.25, 0.3) is 5.57 Å². The summed E-state index contributed by atoms with van der Waals surface area (Å²) >= 11 is 5.93. The van der Waals surface area contributed by atoms with Gasteiger partial charge in [0.25, 0.3) is 17.5 Å². The number of hydrogen-bond donors (Lipinski definition) is 1. The maximum atomic E-state index is 12.5.